The van der Waals surface area contributed by atoms with Crippen molar-refractivity contribution in [3.63, 3.8) is 0 Å². The van der Waals surface area contributed by atoms with E-state index in [9.17, 15) is 0 Å². The van der Waals surface area contributed by atoms with Crippen LogP contribution in [0.3, 0.4) is 0 Å². The molecule has 0 amide bonds. The minimum Gasteiger partial charge on any atom is -0.335 e. The summed E-state index contributed by atoms with van der Waals surface area (Å²) in [6.45, 7) is 37.1. The summed E-state index contributed by atoms with van der Waals surface area (Å²) in [5.74, 6) is 0. The molecule has 7 aromatic rings. The SMILES string of the molecule is Cc1ccc(N(c2ccc(C)cc2)c2cc3c4c(c2)N2c5c(cc(C(C)(C)C)cc5C5(C)CCCCC25C)B4c2c(sc4cc5c(cc24)C(C)(C)CCC5(C)C)N3c2ccc3c(c2)C(C)(C)CCC3(C)C)cc1. The minimum atomic E-state index is -0.118. The Balaban J connectivity index is 1.21. The maximum atomic E-state index is 2.95. The van der Waals surface area contributed by atoms with Gasteiger partial charge in [0.05, 0.1) is 16.2 Å². The molecule has 6 aliphatic rings. The molecule has 2 unspecified atom stereocenters. The van der Waals surface area contributed by atoms with Gasteiger partial charge in [-0.25, -0.2) is 0 Å². The molecule has 4 heterocycles. The van der Waals surface area contributed by atoms with Crippen molar-refractivity contribution in [1.29, 1.82) is 0 Å². The molecule has 3 aliphatic carbocycles. The summed E-state index contributed by atoms with van der Waals surface area (Å²) in [7, 11) is 0. The number of rotatable bonds is 4. The lowest BCUT2D eigenvalue weighted by Gasteiger charge is -2.53. The highest BCUT2D eigenvalue weighted by atomic mass is 32.1. The van der Waals surface area contributed by atoms with E-state index in [1.165, 1.54) is 144 Å². The number of hydrogen-bond donors (Lipinski definition) is 0. The Morgan fingerprint density at radius 2 is 1.07 bits per heavy atom. The zero-order chi connectivity index (χ0) is 51.3. The molecule has 1 saturated carbocycles. The number of benzene rings is 6. The van der Waals surface area contributed by atoms with E-state index in [2.05, 4.69) is 233 Å². The fourth-order valence-electron chi connectivity index (χ4n) is 15.3. The van der Waals surface area contributed by atoms with E-state index in [4.69, 9.17) is 0 Å². The van der Waals surface area contributed by atoms with Gasteiger partial charge < -0.3 is 14.7 Å². The van der Waals surface area contributed by atoms with Crippen LogP contribution in [0, 0.1) is 13.8 Å². The molecule has 73 heavy (non-hydrogen) atoms. The second kappa shape index (κ2) is 15.2. The highest BCUT2D eigenvalue weighted by molar-refractivity contribution is 7.26. The first kappa shape index (κ1) is 47.5. The van der Waals surface area contributed by atoms with Gasteiger partial charge in [0.25, 0.3) is 6.71 Å². The average molecular weight is 980 g/mol. The fraction of sp³-hybridized carbons (Fsp3) is 0.441. The molecule has 0 N–H and O–H groups in total. The Labute approximate surface area is 442 Å². The lowest BCUT2D eigenvalue weighted by atomic mass is 9.33. The molecule has 6 aromatic carbocycles. The van der Waals surface area contributed by atoms with Crippen molar-refractivity contribution >= 4 is 89.3 Å². The quantitative estimate of drug-likeness (QED) is 0.163. The van der Waals surface area contributed by atoms with Crippen LogP contribution < -0.4 is 31.1 Å². The number of anilines is 8. The van der Waals surface area contributed by atoms with E-state index < -0.39 is 0 Å². The van der Waals surface area contributed by atoms with E-state index in [-0.39, 0.29) is 44.7 Å². The largest absolute Gasteiger partial charge is 0.335 e. The van der Waals surface area contributed by atoms with Crippen molar-refractivity contribution in [1.82, 2.24) is 0 Å². The first-order valence-electron chi connectivity index (χ1n) is 28.0. The van der Waals surface area contributed by atoms with E-state index in [0.29, 0.717) is 0 Å². The average Bonchev–Trinajstić information content (AvgIpc) is 3.81. The predicted molar refractivity (Wildman–Crippen MR) is 317 cm³/mol. The van der Waals surface area contributed by atoms with Crippen molar-refractivity contribution in [2.24, 2.45) is 0 Å². The van der Waals surface area contributed by atoms with Crippen molar-refractivity contribution < 1.29 is 0 Å². The van der Waals surface area contributed by atoms with E-state index >= 15 is 0 Å². The topological polar surface area (TPSA) is 9.72 Å². The molecule has 0 spiro atoms. The van der Waals surface area contributed by atoms with E-state index in [0.717, 1.165) is 6.42 Å². The summed E-state index contributed by atoms with van der Waals surface area (Å²) in [6, 6.07) is 42.2. The van der Waals surface area contributed by atoms with Crippen LogP contribution in [0.5, 0.6) is 0 Å². The molecule has 1 fully saturated rings. The zero-order valence-corrected chi connectivity index (χ0v) is 47.6. The molecule has 3 aliphatic heterocycles. The standard InChI is InChI=1S/C68H78BN3S/c1-41-18-22-44(23-19-41)70(45-24-20-42(2)21-25-45)47-37-55-59-56(38-47)72-60-53(67(14)28-16-17-29-68(67,72)15)34-43(62(3,4)5)35-54(60)69(59)58-48-39-51-52(66(12,13)33-32-65(51,10)11)40-57(48)73-61(58)71(55)46-26-27-49-50(36-46)64(8,9)31-30-63(49,6)7/h18-27,34-40H,16-17,28-33H2,1-15H3. The van der Waals surface area contributed by atoms with Gasteiger partial charge in [-0.1, -0.05) is 150 Å². The molecule has 2 atom stereocenters. The summed E-state index contributed by atoms with van der Waals surface area (Å²) < 4.78 is 1.42. The van der Waals surface area contributed by atoms with Gasteiger partial charge in [-0.3, -0.25) is 0 Å². The highest BCUT2D eigenvalue weighted by Crippen LogP contribution is 2.63. The van der Waals surface area contributed by atoms with Crippen LogP contribution in [-0.2, 0) is 32.5 Å². The maximum absolute atomic E-state index is 2.95. The van der Waals surface area contributed by atoms with Gasteiger partial charge in [-0.05, 0) is 202 Å². The Bertz CT molecular complexity index is 3430. The molecule has 3 nitrogen and oxygen atoms in total. The minimum absolute atomic E-state index is 0.0193. The predicted octanol–water partition coefficient (Wildman–Crippen LogP) is 17.3. The zero-order valence-electron chi connectivity index (χ0n) is 46.8. The first-order chi connectivity index (χ1) is 34.3. The van der Waals surface area contributed by atoms with Gasteiger partial charge in [0.2, 0.25) is 0 Å². The van der Waals surface area contributed by atoms with Crippen molar-refractivity contribution in [3.8, 4) is 0 Å². The summed E-state index contributed by atoms with van der Waals surface area (Å²) in [5.41, 5.74) is 25.4. The summed E-state index contributed by atoms with van der Waals surface area (Å²) in [5, 5.41) is 2.84. The van der Waals surface area contributed by atoms with E-state index in [1.807, 2.05) is 0 Å². The molecule has 1 aromatic heterocycles. The highest BCUT2D eigenvalue weighted by Gasteiger charge is 2.62. The van der Waals surface area contributed by atoms with Crippen molar-refractivity contribution in [2.75, 3.05) is 14.7 Å². The van der Waals surface area contributed by atoms with Crippen LogP contribution in [0.15, 0.2) is 103 Å². The van der Waals surface area contributed by atoms with Crippen molar-refractivity contribution in [3.05, 3.63) is 148 Å². The monoisotopic (exact) mass is 980 g/mol. The normalized spacial score (nSPS) is 23.3. The summed E-state index contributed by atoms with van der Waals surface area (Å²) in [4.78, 5) is 8.29. The molecule has 5 heteroatoms. The third kappa shape index (κ3) is 6.61. The lowest BCUT2D eigenvalue weighted by molar-refractivity contribution is 0.195. The lowest BCUT2D eigenvalue weighted by Crippen LogP contribution is -2.64. The van der Waals surface area contributed by atoms with Gasteiger partial charge in [-0.15, -0.1) is 11.3 Å². The fourth-order valence-corrected chi connectivity index (χ4v) is 16.6. The Hall–Kier alpha value is -5.26. The summed E-state index contributed by atoms with van der Waals surface area (Å²) >= 11 is 2.06. The Kier molecular flexibility index (Phi) is 9.88. The number of thiophene rings is 1. The van der Waals surface area contributed by atoms with Gasteiger partial charge in [0.1, 0.15) is 0 Å². The molecular weight excluding hydrogens is 902 g/mol. The van der Waals surface area contributed by atoms with Gasteiger partial charge >= 0.3 is 0 Å². The van der Waals surface area contributed by atoms with Crippen LogP contribution in [0.4, 0.5) is 44.8 Å². The van der Waals surface area contributed by atoms with Crippen molar-refractivity contribution in [2.45, 2.75) is 193 Å². The number of aryl methyl sites for hydroxylation is 2. The molecule has 13 rings (SSSR count). The van der Waals surface area contributed by atoms with Gasteiger partial charge in [-0.2, -0.15) is 0 Å². The molecule has 0 radical (unpaired) electrons. The van der Waals surface area contributed by atoms with Crippen LogP contribution in [0.1, 0.15) is 186 Å². The number of fused-ring (bicyclic) bond motifs is 11. The smallest absolute Gasteiger partial charge is 0.254 e. The molecule has 0 bridgehead atoms. The third-order valence-corrected chi connectivity index (χ3v) is 21.6. The third-order valence-electron chi connectivity index (χ3n) is 20.4. The van der Waals surface area contributed by atoms with Crippen LogP contribution in [0.25, 0.3) is 10.1 Å². The summed E-state index contributed by atoms with van der Waals surface area (Å²) in [6.07, 6.45) is 9.64. The second-order valence-electron chi connectivity index (χ2n) is 28.0. The first-order valence-corrected chi connectivity index (χ1v) is 28.8. The van der Waals surface area contributed by atoms with Crippen LogP contribution in [0.2, 0.25) is 0 Å². The van der Waals surface area contributed by atoms with Gasteiger partial charge in [0.15, 0.2) is 0 Å². The number of nitrogens with zero attached hydrogens (tertiary/aromatic N) is 3. The maximum Gasteiger partial charge on any atom is 0.254 e. The van der Waals surface area contributed by atoms with Crippen LogP contribution >= 0.6 is 11.3 Å². The second-order valence-corrected chi connectivity index (χ2v) is 29.0. The van der Waals surface area contributed by atoms with Crippen LogP contribution in [-0.4, -0.2) is 12.3 Å². The molecular formula is C68H78BN3S. The van der Waals surface area contributed by atoms with E-state index in [1.54, 1.807) is 16.7 Å². The molecule has 0 saturated heterocycles. The Morgan fingerprint density at radius 3 is 1.67 bits per heavy atom. The van der Waals surface area contributed by atoms with Gasteiger partial charge in [0, 0.05) is 44.2 Å². The Morgan fingerprint density at radius 1 is 0.521 bits per heavy atom. The number of hydrogen-bond acceptors (Lipinski definition) is 4. The molecule has 374 valence electrons.